The summed E-state index contributed by atoms with van der Waals surface area (Å²) < 4.78 is 16.8. The molecule has 0 saturated heterocycles. The molecule has 0 amide bonds. The van der Waals surface area contributed by atoms with Crippen LogP contribution in [-0.2, 0) is 28.6 Å². The molecule has 0 heterocycles. The highest BCUT2D eigenvalue weighted by molar-refractivity contribution is 5.71. The largest absolute Gasteiger partial charge is 0.462 e. The Balaban J connectivity index is 4.57. The molecule has 1 unspecified atom stereocenters. The fourth-order valence-corrected chi connectivity index (χ4v) is 7.58. The molecule has 78 heavy (non-hydrogen) atoms. The maximum absolute atomic E-state index is 12.9. The second-order valence-corrected chi connectivity index (χ2v) is 19.5. The van der Waals surface area contributed by atoms with E-state index in [0.717, 1.165) is 148 Å². The van der Waals surface area contributed by atoms with Crippen molar-refractivity contribution in [3.8, 4) is 0 Å². The molecule has 0 bridgehead atoms. The van der Waals surface area contributed by atoms with Crippen LogP contribution in [0.3, 0.4) is 0 Å². The fraction of sp³-hybridized carbons (Fsp3) is 0.542. The summed E-state index contributed by atoms with van der Waals surface area (Å²) in [5.74, 6) is -1.06. The van der Waals surface area contributed by atoms with E-state index in [9.17, 15) is 14.4 Å². The molecule has 0 aliphatic heterocycles. The molecular formula is C72H110O6. The van der Waals surface area contributed by atoms with E-state index in [0.29, 0.717) is 19.3 Å². The van der Waals surface area contributed by atoms with Crippen LogP contribution in [0.5, 0.6) is 0 Å². The number of carbonyl (C=O) groups excluding carboxylic acids is 3. The van der Waals surface area contributed by atoms with Crippen molar-refractivity contribution in [1.29, 1.82) is 0 Å². The SMILES string of the molecule is CC/C=C\C/C=C\C/C=C\C/C=C\C/C=C\C/C=C\C/C=C\C/C=C\CCCCC(=O)OCC(COC(=O)CCCCCCC/C=C\C/C=C\CCCCCC)OC(=O)CCC/C=C\C/C=C\C/C=C\C/C=C\C/C=C\CC. The number of allylic oxidation sites excluding steroid dienone is 30. The van der Waals surface area contributed by atoms with Gasteiger partial charge in [-0.25, -0.2) is 0 Å². The smallest absolute Gasteiger partial charge is 0.306 e. The number of esters is 3. The molecule has 6 nitrogen and oxygen atoms in total. The van der Waals surface area contributed by atoms with Crippen molar-refractivity contribution in [2.45, 2.75) is 239 Å². The van der Waals surface area contributed by atoms with E-state index in [1.54, 1.807) is 0 Å². The van der Waals surface area contributed by atoms with Crippen molar-refractivity contribution in [2.24, 2.45) is 0 Å². The van der Waals surface area contributed by atoms with Gasteiger partial charge in [0, 0.05) is 19.3 Å². The second-order valence-electron chi connectivity index (χ2n) is 19.5. The summed E-state index contributed by atoms with van der Waals surface area (Å²) in [5.41, 5.74) is 0. The maximum atomic E-state index is 12.9. The van der Waals surface area contributed by atoms with Gasteiger partial charge in [-0.15, -0.1) is 0 Å². The van der Waals surface area contributed by atoms with E-state index in [4.69, 9.17) is 14.2 Å². The zero-order chi connectivity index (χ0) is 56.4. The highest BCUT2D eigenvalue weighted by Gasteiger charge is 2.19. The average molecular weight is 1070 g/mol. The van der Waals surface area contributed by atoms with Crippen molar-refractivity contribution >= 4 is 17.9 Å². The molecule has 1 atom stereocenters. The van der Waals surface area contributed by atoms with Gasteiger partial charge in [0.2, 0.25) is 0 Å². The minimum absolute atomic E-state index is 0.131. The Labute approximate surface area is 478 Å². The lowest BCUT2D eigenvalue weighted by Crippen LogP contribution is -2.30. The van der Waals surface area contributed by atoms with Crippen LogP contribution in [0.15, 0.2) is 182 Å². The van der Waals surface area contributed by atoms with Gasteiger partial charge in [-0.05, 0) is 154 Å². The van der Waals surface area contributed by atoms with Crippen LogP contribution in [-0.4, -0.2) is 37.2 Å². The molecule has 0 aromatic carbocycles. The molecule has 0 aromatic rings. The molecule has 0 saturated carbocycles. The van der Waals surface area contributed by atoms with E-state index < -0.39 is 6.10 Å². The molecule has 0 aliphatic rings. The molecule has 0 aromatic heterocycles. The Bertz CT molecular complexity index is 1850. The zero-order valence-electron chi connectivity index (χ0n) is 49.6. The standard InChI is InChI=1S/C72H110O6/c1-4-7-10-13-16-19-22-25-28-31-32-33-34-35-36-37-38-39-40-42-44-47-50-53-56-59-62-65-71(74)77-68-69(67-76-70(73)64-61-58-55-52-49-46-43-30-27-24-21-18-15-12-9-6-3)78-72(75)66-63-60-57-54-51-48-45-41-29-26-23-20-17-14-11-8-5-2/h7-8,10-11,16-17,19-21,24-26,28-30,32-33,35-36,38-39,42-45,48,50,53-54,57,69H,4-6,9,12-15,18,22-23,27,31,34,37,40-41,46-47,49,51-52,55-56,58-68H2,1-3H3/b10-7-,11-8-,19-16-,20-17-,24-21-,28-25-,29-26-,33-32-,36-35-,39-38-,43-30-,44-42-,48-45-,53-50-,57-54-. The molecule has 0 rings (SSSR count). The van der Waals surface area contributed by atoms with Gasteiger partial charge < -0.3 is 14.2 Å². The van der Waals surface area contributed by atoms with Gasteiger partial charge in [0.15, 0.2) is 6.10 Å². The first-order valence-electron chi connectivity index (χ1n) is 30.8. The zero-order valence-corrected chi connectivity index (χ0v) is 49.6. The minimum Gasteiger partial charge on any atom is -0.462 e. The normalized spacial score (nSPS) is 13.4. The van der Waals surface area contributed by atoms with E-state index in [1.165, 1.54) is 32.1 Å². The van der Waals surface area contributed by atoms with E-state index in [-0.39, 0.29) is 44.0 Å². The number of rotatable bonds is 53. The topological polar surface area (TPSA) is 78.9 Å². The van der Waals surface area contributed by atoms with E-state index in [2.05, 4.69) is 203 Å². The predicted molar refractivity (Wildman–Crippen MR) is 338 cm³/mol. The highest BCUT2D eigenvalue weighted by atomic mass is 16.6. The summed E-state index contributed by atoms with van der Waals surface area (Å²) in [6.45, 7) is 6.28. The predicted octanol–water partition coefficient (Wildman–Crippen LogP) is 21.3. The monoisotopic (exact) mass is 1070 g/mol. The number of hydrogen-bond donors (Lipinski definition) is 0. The van der Waals surface area contributed by atoms with Crippen LogP contribution in [0.1, 0.15) is 233 Å². The van der Waals surface area contributed by atoms with Crippen molar-refractivity contribution in [2.75, 3.05) is 13.2 Å². The third kappa shape index (κ3) is 61.4. The lowest BCUT2D eigenvalue weighted by Gasteiger charge is -2.18. The van der Waals surface area contributed by atoms with Gasteiger partial charge in [0.05, 0.1) is 0 Å². The third-order valence-corrected chi connectivity index (χ3v) is 12.1. The second kappa shape index (κ2) is 64.0. The lowest BCUT2D eigenvalue weighted by atomic mass is 10.1. The van der Waals surface area contributed by atoms with Crippen LogP contribution in [0.2, 0.25) is 0 Å². The summed E-state index contributed by atoms with van der Waals surface area (Å²) >= 11 is 0. The third-order valence-electron chi connectivity index (χ3n) is 12.1. The first-order valence-corrected chi connectivity index (χ1v) is 30.8. The first kappa shape index (κ1) is 72.5. The van der Waals surface area contributed by atoms with Crippen molar-refractivity contribution in [3.05, 3.63) is 182 Å². The first-order chi connectivity index (χ1) is 38.5. The van der Waals surface area contributed by atoms with Crippen molar-refractivity contribution < 1.29 is 28.6 Å². The molecule has 0 radical (unpaired) electrons. The molecule has 6 heteroatoms. The summed E-state index contributed by atoms with van der Waals surface area (Å²) in [6.07, 6.45) is 96.1. The maximum Gasteiger partial charge on any atom is 0.306 e. The molecule has 0 N–H and O–H groups in total. The Morgan fingerprint density at radius 2 is 0.513 bits per heavy atom. The molecule has 0 fully saturated rings. The molecule has 0 spiro atoms. The summed E-state index contributed by atoms with van der Waals surface area (Å²) in [6, 6.07) is 0. The Morgan fingerprint density at radius 3 is 0.846 bits per heavy atom. The number of hydrogen-bond acceptors (Lipinski definition) is 6. The van der Waals surface area contributed by atoms with Crippen molar-refractivity contribution in [3.63, 3.8) is 0 Å². The van der Waals surface area contributed by atoms with E-state index in [1.807, 2.05) is 0 Å². The summed E-state index contributed by atoms with van der Waals surface area (Å²) in [7, 11) is 0. The van der Waals surface area contributed by atoms with Gasteiger partial charge in [-0.1, -0.05) is 242 Å². The Kier molecular flexibility index (Phi) is 59.5. The van der Waals surface area contributed by atoms with Gasteiger partial charge >= 0.3 is 17.9 Å². The highest BCUT2D eigenvalue weighted by Crippen LogP contribution is 2.12. The molecule has 434 valence electrons. The van der Waals surface area contributed by atoms with E-state index >= 15 is 0 Å². The quantitative estimate of drug-likeness (QED) is 0.0261. The summed E-state index contributed by atoms with van der Waals surface area (Å²) in [5, 5.41) is 0. The summed E-state index contributed by atoms with van der Waals surface area (Å²) in [4.78, 5) is 38.2. The number of unbranched alkanes of at least 4 members (excludes halogenated alkanes) is 12. The average Bonchev–Trinajstić information content (AvgIpc) is 3.44. The minimum atomic E-state index is -0.844. The van der Waals surface area contributed by atoms with Crippen LogP contribution >= 0.6 is 0 Å². The Hall–Kier alpha value is -5.49. The fourth-order valence-electron chi connectivity index (χ4n) is 7.58. The van der Waals surface area contributed by atoms with Gasteiger partial charge in [-0.2, -0.15) is 0 Å². The Morgan fingerprint density at radius 1 is 0.269 bits per heavy atom. The van der Waals surface area contributed by atoms with Crippen LogP contribution in [0.4, 0.5) is 0 Å². The van der Waals surface area contributed by atoms with Gasteiger partial charge in [0.1, 0.15) is 13.2 Å². The van der Waals surface area contributed by atoms with Crippen molar-refractivity contribution in [1.82, 2.24) is 0 Å². The number of ether oxygens (including phenoxy) is 3. The molecule has 0 aliphatic carbocycles. The van der Waals surface area contributed by atoms with Crippen LogP contribution in [0, 0.1) is 0 Å². The lowest BCUT2D eigenvalue weighted by molar-refractivity contribution is -0.167. The van der Waals surface area contributed by atoms with Gasteiger partial charge in [-0.3, -0.25) is 14.4 Å². The van der Waals surface area contributed by atoms with Gasteiger partial charge in [0.25, 0.3) is 0 Å². The number of carbonyl (C=O) groups is 3. The van der Waals surface area contributed by atoms with Crippen LogP contribution < -0.4 is 0 Å². The molecular weight excluding hydrogens is 961 g/mol. The van der Waals surface area contributed by atoms with Crippen LogP contribution in [0.25, 0.3) is 0 Å².